The van der Waals surface area contributed by atoms with Crippen LogP contribution in [0.1, 0.15) is 43.7 Å². The molecule has 1 aromatic carbocycles. The van der Waals surface area contributed by atoms with Crippen LogP contribution in [-0.2, 0) is 11.0 Å². The first kappa shape index (κ1) is 21.1. The number of halogens is 3. The van der Waals surface area contributed by atoms with Gasteiger partial charge in [0.1, 0.15) is 11.9 Å². The van der Waals surface area contributed by atoms with Gasteiger partial charge in [-0.1, -0.05) is 43.9 Å². The quantitative estimate of drug-likeness (QED) is 0.608. The zero-order valence-corrected chi connectivity index (χ0v) is 16.7. The van der Waals surface area contributed by atoms with Crippen molar-refractivity contribution in [2.24, 2.45) is 5.92 Å². The fourth-order valence-electron chi connectivity index (χ4n) is 4.17. The lowest BCUT2D eigenvalue weighted by Crippen LogP contribution is -2.35. The summed E-state index contributed by atoms with van der Waals surface area (Å²) in [6.45, 7) is 0. The number of aromatic nitrogens is 2. The lowest BCUT2D eigenvalue weighted by atomic mass is 9.97. The third-order valence-electron chi connectivity index (χ3n) is 5.78. The maximum absolute atomic E-state index is 13.2. The second-order valence-corrected chi connectivity index (χ2v) is 7.94. The SMILES string of the molecule is O=C(Nc1ccc2ccccc2n1)[C@H](CC1CCCC1)n1cc(C(F)(F)F)ccc1=O. The number of carbonyl (C=O) groups excluding carboxylic acids is 1. The van der Waals surface area contributed by atoms with E-state index in [1.807, 2.05) is 18.2 Å². The van der Waals surface area contributed by atoms with Crippen LogP contribution in [0.25, 0.3) is 10.9 Å². The molecule has 0 radical (unpaired) electrons. The first-order valence-corrected chi connectivity index (χ1v) is 10.3. The Morgan fingerprint density at radius 1 is 1.10 bits per heavy atom. The van der Waals surface area contributed by atoms with Gasteiger partial charge in [-0.05, 0) is 36.6 Å². The van der Waals surface area contributed by atoms with E-state index in [9.17, 15) is 22.8 Å². The number of pyridine rings is 2. The highest BCUT2D eigenvalue weighted by molar-refractivity contribution is 5.94. The molecule has 1 aliphatic rings. The Hall–Kier alpha value is -3.16. The number of fused-ring (bicyclic) bond motifs is 1. The highest BCUT2D eigenvalue weighted by Gasteiger charge is 2.33. The fraction of sp³-hybridized carbons (Fsp3) is 0.348. The molecule has 5 nitrogen and oxygen atoms in total. The normalized spacial score (nSPS) is 15.8. The maximum atomic E-state index is 13.2. The lowest BCUT2D eigenvalue weighted by molar-refractivity contribution is -0.138. The summed E-state index contributed by atoms with van der Waals surface area (Å²) in [5.74, 6) is -0.0713. The van der Waals surface area contributed by atoms with Crippen molar-refractivity contribution in [3.8, 4) is 0 Å². The first-order chi connectivity index (χ1) is 14.8. The Kier molecular flexibility index (Phi) is 5.80. The van der Waals surface area contributed by atoms with Crippen LogP contribution in [0.2, 0.25) is 0 Å². The highest BCUT2D eigenvalue weighted by Crippen LogP contribution is 2.33. The minimum Gasteiger partial charge on any atom is -0.309 e. The standard InChI is InChI=1S/C23H22F3N3O2/c24-23(25,26)17-10-12-21(30)29(14-17)19(13-15-5-1-2-6-15)22(31)28-20-11-9-16-7-3-4-8-18(16)27-20/h3-4,7-12,14-15,19H,1-2,5-6,13H2,(H,27,28,31)/t19-/m0/s1. The van der Waals surface area contributed by atoms with Crippen LogP contribution in [0.5, 0.6) is 0 Å². The molecular weight excluding hydrogens is 407 g/mol. The Morgan fingerprint density at radius 2 is 1.84 bits per heavy atom. The number of rotatable bonds is 5. The molecule has 0 bridgehead atoms. The molecule has 1 amide bonds. The largest absolute Gasteiger partial charge is 0.417 e. The van der Waals surface area contributed by atoms with Gasteiger partial charge in [-0.25, -0.2) is 4.98 Å². The Morgan fingerprint density at radius 3 is 2.58 bits per heavy atom. The third kappa shape index (κ3) is 4.78. The van der Waals surface area contributed by atoms with Crippen molar-refractivity contribution in [2.45, 2.75) is 44.3 Å². The van der Waals surface area contributed by atoms with Gasteiger partial charge in [0.25, 0.3) is 5.56 Å². The Bertz CT molecular complexity index is 1150. The van der Waals surface area contributed by atoms with Crippen LogP contribution in [0.3, 0.4) is 0 Å². The fourth-order valence-corrected chi connectivity index (χ4v) is 4.17. The number of anilines is 1. The molecule has 1 N–H and O–H groups in total. The monoisotopic (exact) mass is 429 g/mol. The summed E-state index contributed by atoms with van der Waals surface area (Å²) in [6, 6.07) is 11.4. The van der Waals surface area contributed by atoms with Crippen molar-refractivity contribution in [1.82, 2.24) is 9.55 Å². The molecule has 0 spiro atoms. The molecule has 4 rings (SSSR count). The summed E-state index contributed by atoms with van der Waals surface area (Å²) >= 11 is 0. The van der Waals surface area contributed by atoms with Crippen molar-refractivity contribution < 1.29 is 18.0 Å². The summed E-state index contributed by atoms with van der Waals surface area (Å²) in [6.07, 6.45) is 0.266. The third-order valence-corrected chi connectivity index (χ3v) is 5.78. The van der Waals surface area contributed by atoms with Gasteiger partial charge in [0.05, 0.1) is 11.1 Å². The topological polar surface area (TPSA) is 64.0 Å². The number of nitrogens with zero attached hydrogens (tertiary/aromatic N) is 2. The molecule has 31 heavy (non-hydrogen) atoms. The van der Waals surface area contributed by atoms with E-state index < -0.39 is 29.2 Å². The number of hydrogen-bond acceptors (Lipinski definition) is 3. The van der Waals surface area contributed by atoms with Gasteiger partial charge in [0.2, 0.25) is 5.91 Å². The molecule has 1 fully saturated rings. The predicted molar refractivity (Wildman–Crippen MR) is 112 cm³/mol. The number of amides is 1. The zero-order chi connectivity index (χ0) is 22.0. The van der Waals surface area contributed by atoms with Gasteiger partial charge in [0, 0.05) is 17.6 Å². The number of benzene rings is 1. The average Bonchev–Trinajstić information content (AvgIpc) is 3.25. The second-order valence-electron chi connectivity index (χ2n) is 7.94. The smallest absolute Gasteiger partial charge is 0.309 e. The summed E-state index contributed by atoms with van der Waals surface area (Å²) in [7, 11) is 0. The number of alkyl halides is 3. The van der Waals surface area contributed by atoms with Crippen molar-refractivity contribution in [2.75, 3.05) is 5.32 Å². The van der Waals surface area contributed by atoms with Crippen molar-refractivity contribution >= 4 is 22.6 Å². The summed E-state index contributed by atoms with van der Waals surface area (Å²) in [5.41, 5.74) is -0.915. The van der Waals surface area contributed by atoms with E-state index in [2.05, 4.69) is 10.3 Å². The number of para-hydroxylation sites is 1. The van der Waals surface area contributed by atoms with Crippen LogP contribution in [0.15, 0.2) is 59.5 Å². The zero-order valence-electron chi connectivity index (χ0n) is 16.7. The molecule has 0 saturated heterocycles. The summed E-state index contributed by atoms with van der Waals surface area (Å²) < 4.78 is 40.6. The molecule has 3 aromatic rings. The van der Waals surface area contributed by atoms with Crippen molar-refractivity contribution in [3.05, 3.63) is 70.6 Å². The average molecular weight is 429 g/mol. The number of hydrogen-bond donors (Lipinski definition) is 1. The van der Waals surface area contributed by atoms with Crippen LogP contribution >= 0.6 is 0 Å². The van der Waals surface area contributed by atoms with Gasteiger partial charge < -0.3 is 9.88 Å². The van der Waals surface area contributed by atoms with Gasteiger partial charge in [-0.3, -0.25) is 9.59 Å². The van der Waals surface area contributed by atoms with Gasteiger partial charge in [-0.2, -0.15) is 13.2 Å². The van der Waals surface area contributed by atoms with Gasteiger partial charge in [-0.15, -0.1) is 0 Å². The van der Waals surface area contributed by atoms with E-state index in [-0.39, 0.29) is 5.92 Å². The molecule has 0 aliphatic heterocycles. The van der Waals surface area contributed by atoms with Crippen LogP contribution in [0, 0.1) is 5.92 Å². The molecule has 1 saturated carbocycles. The first-order valence-electron chi connectivity index (χ1n) is 10.3. The van der Waals surface area contributed by atoms with Crippen molar-refractivity contribution in [1.29, 1.82) is 0 Å². The highest BCUT2D eigenvalue weighted by atomic mass is 19.4. The Balaban J connectivity index is 1.67. The van der Waals surface area contributed by atoms with E-state index in [0.29, 0.717) is 17.8 Å². The van der Waals surface area contributed by atoms with Gasteiger partial charge in [0.15, 0.2) is 0 Å². The Labute approximate surface area is 176 Å². The number of carbonyl (C=O) groups is 1. The molecule has 0 unspecified atom stereocenters. The van der Waals surface area contributed by atoms with E-state index in [0.717, 1.165) is 54.0 Å². The van der Waals surface area contributed by atoms with Crippen LogP contribution < -0.4 is 10.9 Å². The molecule has 2 aromatic heterocycles. The number of nitrogens with one attached hydrogen (secondary N) is 1. The van der Waals surface area contributed by atoms with E-state index in [1.54, 1.807) is 18.2 Å². The van der Waals surface area contributed by atoms with Crippen molar-refractivity contribution in [3.63, 3.8) is 0 Å². The van der Waals surface area contributed by atoms with E-state index >= 15 is 0 Å². The van der Waals surface area contributed by atoms with Crippen LogP contribution in [-0.4, -0.2) is 15.5 Å². The maximum Gasteiger partial charge on any atom is 0.417 e. The minimum atomic E-state index is -4.61. The van der Waals surface area contributed by atoms with Gasteiger partial charge >= 0.3 is 6.18 Å². The molecule has 1 aliphatic carbocycles. The predicted octanol–water partition coefficient (Wildman–Crippen LogP) is 5.18. The molecule has 2 heterocycles. The van der Waals surface area contributed by atoms with E-state index in [4.69, 9.17) is 0 Å². The van der Waals surface area contributed by atoms with Crippen LogP contribution in [0.4, 0.5) is 19.0 Å². The molecular formula is C23H22F3N3O2. The molecule has 8 heteroatoms. The van der Waals surface area contributed by atoms with E-state index in [1.165, 1.54) is 0 Å². The minimum absolute atomic E-state index is 0.182. The lowest BCUT2D eigenvalue weighted by Gasteiger charge is -2.23. The molecule has 162 valence electrons. The molecule has 1 atom stereocenters. The summed E-state index contributed by atoms with van der Waals surface area (Å²) in [5, 5.41) is 3.60. The summed E-state index contributed by atoms with van der Waals surface area (Å²) in [4.78, 5) is 30.0. The second kappa shape index (κ2) is 8.53.